The van der Waals surface area contributed by atoms with Gasteiger partial charge < -0.3 is 0 Å². The van der Waals surface area contributed by atoms with Crippen molar-refractivity contribution in [3.8, 4) is 0 Å². The zero-order valence-electron chi connectivity index (χ0n) is 17.2. The lowest BCUT2D eigenvalue weighted by atomic mass is 9.53. The third-order valence-electron chi connectivity index (χ3n) is 7.40. The summed E-state index contributed by atoms with van der Waals surface area (Å²) in [5.41, 5.74) is 3.06. The standard InChI is InChI=1S/C26H24BrF2NO/c27-22-3-1-16(11-23(22)29)12-25(31)18-14-26(15-18)8-5-17(6-9-26)20-7-10-30-24-4-2-19(28)13-21(20)24/h1-4,7,10-11,13,17-18H,5-6,8-9,12,14-15H2. The summed E-state index contributed by atoms with van der Waals surface area (Å²) < 4.78 is 28.0. The fourth-order valence-corrected chi connectivity index (χ4v) is 5.90. The molecule has 0 aliphatic heterocycles. The van der Waals surface area contributed by atoms with Gasteiger partial charge in [-0.05, 0) is 113 Å². The summed E-state index contributed by atoms with van der Waals surface area (Å²) in [6.07, 6.45) is 8.36. The fourth-order valence-electron chi connectivity index (χ4n) is 5.65. The van der Waals surface area contributed by atoms with Gasteiger partial charge in [-0.15, -0.1) is 0 Å². The Labute approximate surface area is 189 Å². The van der Waals surface area contributed by atoms with Gasteiger partial charge in [0.1, 0.15) is 17.4 Å². The molecule has 0 bridgehead atoms. The first-order valence-corrected chi connectivity index (χ1v) is 11.7. The summed E-state index contributed by atoms with van der Waals surface area (Å²) in [6.45, 7) is 0. The number of halogens is 3. The number of carbonyl (C=O) groups is 1. The van der Waals surface area contributed by atoms with Crippen molar-refractivity contribution in [2.75, 3.05) is 0 Å². The van der Waals surface area contributed by atoms with Gasteiger partial charge in [-0.25, -0.2) is 8.78 Å². The molecular formula is C26H24BrF2NO. The molecule has 2 nitrogen and oxygen atoms in total. The third kappa shape index (κ3) is 4.05. The number of carbonyl (C=O) groups excluding carboxylic acids is 1. The molecule has 2 aliphatic carbocycles. The van der Waals surface area contributed by atoms with Gasteiger partial charge in [0.25, 0.3) is 0 Å². The van der Waals surface area contributed by atoms with Crippen molar-refractivity contribution in [1.82, 2.24) is 4.98 Å². The van der Waals surface area contributed by atoms with E-state index in [1.165, 1.54) is 17.7 Å². The fraction of sp³-hybridized carbons (Fsp3) is 0.385. The van der Waals surface area contributed by atoms with Gasteiger partial charge in [0.05, 0.1) is 9.99 Å². The van der Waals surface area contributed by atoms with Crippen LogP contribution in [-0.4, -0.2) is 10.8 Å². The van der Waals surface area contributed by atoms with Crippen LogP contribution in [0.15, 0.2) is 53.1 Å². The van der Waals surface area contributed by atoms with E-state index in [-0.39, 0.29) is 28.8 Å². The lowest BCUT2D eigenvalue weighted by Crippen LogP contribution is -2.43. The molecular weight excluding hydrogens is 460 g/mol. The number of fused-ring (bicyclic) bond motifs is 1. The van der Waals surface area contributed by atoms with Crippen molar-refractivity contribution < 1.29 is 13.6 Å². The predicted octanol–water partition coefficient (Wildman–Crippen LogP) is 7.14. The second-order valence-corrected chi connectivity index (χ2v) is 10.2. The quantitative estimate of drug-likeness (QED) is 0.394. The third-order valence-corrected chi connectivity index (χ3v) is 8.04. The van der Waals surface area contributed by atoms with Crippen molar-refractivity contribution >= 4 is 32.6 Å². The van der Waals surface area contributed by atoms with Crippen LogP contribution in [-0.2, 0) is 11.2 Å². The maximum absolute atomic E-state index is 13.8. The van der Waals surface area contributed by atoms with E-state index in [0.29, 0.717) is 16.8 Å². The van der Waals surface area contributed by atoms with Crippen molar-refractivity contribution in [2.24, 2.45) is 11.3 Å². The largest absolute Gasteiger partial charge is 0.299 e. The molecule has 5 heteroatoms. The highest BCUT2D eigenvalue weighted by Crippen LogP contribution is 2.57. The van der Waals surface area contributed by atoms with Crippen LogP contribution in [0.25, 0.3) is 10.9 Å². The number of benzene rings is 2. The van der Waals surface area contributed by atoms with E-state index < -0.39 is 0 Å². The highest BCUT2D eigenvalue weighted by atomic mass is 79.9. The summed E-state index contributed by atoms with van der Waals surface area (Å²) in [5.74, 6) is 0.194. The smallest absolute Gasteiger partial charge is 0.140 e. The molecule has 2 aliphatic rings. The molecule has 3 aromatic rings. The zero-order chi connectivity index (χ0) is 21.6. The average Bonchev–Trinajstić information content (AvgIpc) is 2.74. The van der Waals surface area contributed by atoms with Crippen LogP contribution < -0.4 is 0 Å². The van der Waals surface area contributed by atoms with Crippen molar-refractivity contribution in [1.29, 1.82) is 0 Å². The van der Waals surface area contributed by atoms with E-state index in [9.17, 15) is 13.6 Å². The Morgan fingerprint density at radius 1 is 1.06 bits per heavy atom. The molecule has 31 heavy (non-hydrogen) atoms. The first kappa shape index (κ1) is 20.7. The number of rotatable bonds is 4. The SMILES string of the molecule is O=C(Cc1ccc(Br)c(F)c1)C1CC2(CCC(c3ccnc4ccc(F)cc34)CC2)C1. The molecule has 0 unspecified atom stereocenters. The highest BCUT2D eigenvalue weighted by molar-refractivity contribution is 9.10. The van der Waals surface area contributed by atoms with Crippen LogP contribution in [0.3, 0.4) is 0 Å². The number of pyridine rings is 1. The van der Waals surface area contributed by atoms with E-state index in [1.807, 2.05) is 18.3 Å². The molecule has 160 valence electrons. The van der Waals surface area contributed by atoms with Crippen LogP contribution in [0.4, 0.5) is 8.78 Å². The molecule has 0 N–H and O–H groups in total. The summed E-state index contributed by atoms with van der Waals surface area (Å²) in [4.78, 5) is 17.1. The lowest BCUT2D eigenvalue weighted by molar-refractivity contribution is -0.131. The van der Waals surface area contributed by atoms with Crippen LogP contribution in [0, 0.1) is 23.0 Å². The van der Waals surface area contributed by atoms with Crippen molar-refractivity contribution in [2.45, 2.75) is 50.9 Å². The first-order valence-electron chi connectivity index (χ1n) is 10.9. The summed E-state index contributed by atoms with van der Waals surface area (Å²) in [6, 6.07) is 11.8. The van der Waals surface area contributed by atoms with Crippen LogP contribution in [0.1, 0.15) is 55.6 Å². The molecule has 2 saturated carbocycles. The van der Waals surface area contributed by atoms with Gasteiger partial charge in [0, 0.05) is 23.9 Å². The molecule has 2 aromatic carbocycles. The van der Waals surface area contributed by atoms with E-state index in [1.54, 1.807) is 18.2 Å². The zero-order valence-corrected chi connectivity index (χ0v) is 18.8. The predicted molar refractivity (Wildman–Crippen MR) is 121 cm³/mol. The molecule has 5 rings (SSSR count). The number of hydrogen-bond donors (Lipinski definition) is 0. The van der Waals surface area contributed by atoms with E-state index in [4.69, 9.17) is 0 Å². The normalized spacial score (nSPS) is 25.5. The highest BCUT2D eigenvalue weighted by Gasteiger charge is 2.48. The Bertz CT molecular complexity index is 1150. The number of aromatic nitrogens is 1. The Morgan fingerprint density at radius 2 is 1.84 bits per heavy atom. The summed E-state index contributed by atoms with van der Waals surface area (Å²) >= 11 is 3.15. The Balaban J connectivity index is 1.21. The maximum Gasteiger partial charge on any atom is 0.140 e. The van der Waals surface area contributed by atoms with Crippen molar-refractivity contribution in [3.05, 3.63) is 75.9 Å². The monoisotopic (exact) mass is 483 g/mol. The molecule has 0 amide bonds. The first-order chi connectivity index (χ1) is 14.9. The molecule has 1 heterocycles. The van der Waals surface area contributed by atoms with E-state index in [0.717, 1.165) is 55.0 Å². The number of Topliss-reactive ketones (excluding diaryl/α,β-unsaturated/α-hetero) is 1. The molecule has 0 atom stereocenters. The lowest BCUT2D eigenvalue weighted by Gasteiger charge is -2.51. The van der Waals surface area contributed by atoms with Gasteiger partial charge in [0.15, 0.2) is 0 Å². The minimum Gasteiger partial charge on any atom is -0.299 e. The van der Waals surface area contributed by atoms with E-state index in [2.05, 4.69) is 20.9 Å². The van der Waals surface area contributed by atoms with Crippen molar-refractivity contribution in [3.63, 3.8) is 0 Å². The second kappa shape index (κ2) is 8.09. The molecule has 1 aromatic heterocycles. The topological polar surface area (TPSA) is 30.0 Å². The van der Waals surface area contributed by atoms with Crippen LogP contribution in [0.2, 0.25) is 0 Å². The Hall–Kier alpha value is -2.14. The van der Waals surface area contributed by atoms with Gasteiger partial charge in [-0.2, -0.15) is 0 Å². The number of nitrogens with zero attached hydrogens (tertiary/aromatic N) is 1. The molecule has 0 radical (unpaired) electrons. The van der Waals surface area contributed by atoms with Crippen LogP contribution >= 0.6 is 15.9 Å². The minimum atomic E-state index is -0.322. The van der Waals surface area contributed by atoms with Gasteiger partial charge >= 0.3 is 0 Å². The van der Waals surface area contributed by atoms with Crippen LogP contribution in [0.5, 0.6) is 0 Å². The maximum atomic E-state index is 13.8. The Kier molecular flexibility index (Phi) is 5.41. The number of ketones is 1. The molecule has 2 fully saturated rings. The molecule has 1 spiro atoms. The molecule has 0 saturated heterocycles. The minimum absolute atomic E-state index is 0.0964. The van der Waals surface area contributed by atoms with Gasteiger partial charge in [-0.3, -0.25) is 9.78 Å². The summed E-state index contributed by atoms with van der Waals surface area (Å²) in [7, 11) is 0. The average molecular weight is 484 g/mol. The Morgan fingerprint density at radius 3 is 2.58 bits per heavy atom. The summed E-state index contributed by atoms with van der Waals surface area (Å²) in [5, 5.41) is 0.923. The van der Waals surface area contributed by atoms with Gasteiger partial charge in [-0.1, -0.05) is 6.07 Å². The van der Waals surface area contributed by atoms with E-state index >= 15 is 0 Å². The number of hydrogen-bond acceptors (Lipinski definition) is 2. The van der Waals surface area contributed by atoms with Gasteiger partial charge in [0.2, 0.25) is 0 Å². The second-order valence-electron chi connectivity index (χ2n) is 9.33.